The molecule has 3 N–H and O–H groups in total. The van der Waals surface area contributed by atoms with Crippen molar-refractivity contribution in [1.29, 1.82) is 0 Å². The van der Waals surface area contributed by atoms with Crippen molar-refractivity contribution in [2.75, 3.05) is 18.5 Å². The average molecular weight is 419 g/mol. The second-order valence-electron chi connectivity index (χ2n) is 8.09. The molecule has 1 atom stereocenters. The van der Waals surface area contributed by atoms with Crippen molar-refractivity contribution in [3.63, 3.8) is 0 Å². The topological polar surface area (TPSA) is 105 Å². The van der Waals surface area contributed by atoms with Crippen molar-refractivity contribution < 1.29 is 18.7 Å². The number of benzene rings is 1. The Hall–Kier alpha value is -2.32. The molecule has 8 nitrogen and oxygen atoms in total. The minimum atomic E-state index is -0.552. The lowest BCUT2D eigenvalue weighted by molar-refractivity contribution is 0.0610. The molecule has 5 rings (SSSR count). The van der Waals surface area contributed by atoms with Gasteiger partial charge in [-0.15, -0.1) is 0 Å². The second kappa shape index (κ2) is 7.18. The van der Waals surface area contributed by atoms with Crippen LogP contribution in [-0.4, -0.2) is 36.2 Å². The van der Waals surface area contributed by atoms with E-state index in [9.17, 15) is 9.59 Å². The molecule has 3 aliphatic rings. The lowest BCUT2D eigenvalue weighted by Gasteiger charge is -2.42. The van der Waals surface area contributed by atoms with Crippen molar-refractivity contribution in [3.05, 3.63) is 22.5 Å². The molecule has 1 saturated heterocycles. The molecule has 2 aromatic rings. The van der Waals surface area contributed by atoms with Crippen LogP contribution in [0.2, 0.25) is 5.02 Å². The summed E-state index contributed by atoms with van der Waals surface area (Å²) in [5.74, 6) is -0.370. The van der Waals surface area contributed by atoms with Gasteiger partial charge in [-0.25, -0.2) is 9.78 Å². The van der Waals surface area contributed by atoms with E-state index in [4.69, 9.17) is 20.8 Å². The zero-order chi connectivity index (χ0) is 20.0. The van der Waals surface area contributed by atoms with Gasteiger partial charge >= 0.3 is 11.9 Å². The molecule has 1 unspecified atom stereocenters. The van der Waals surface area contributed by atoms with Gasteiger partial charge in [-0.3, -0.25) is 4.79 Å². The molecule has 1 aromatic carbocycles. The number of carbonyl (C=O) groups excluding carboxylic acids is 2. The summed E-state index contributed by atoms with van der Waals surface area (Å²) < 4.78 is 11.4. The molecule has 154 valence electrons. The highest BCUT2D eigenvalue weighted by Crippen LogP contribution is 2.48. The summed E-state index contributed by atoms with van der Waals surface area (Å²) in [5, 5.41) is 9.23. The Labute approximate surface area is 172 Å². The van der Waals surface area contributed by atoms with Crippen molar-refractivity contribution in [1.82, 2.24) is 15.6 Å². The van der Waals surface area contributed by atoms with E-state index >= 15 is 0 Å². The van der Waals surface area contributed by atoms with Gasteiger partial charge in [0, 0.05) is 12.2 Å². The normalized spacial score (nSPS) is 23.3. The second-order valence-corrected chi connectivity index (χ2v) is 8.49. The summed E-state index contributed by atoms with van der Waals surface area (Å²) in [6.07, 6.45) is 6.49. The van der Waals surface area contributed by atoms with Gasteiger partial charge < -0.3 is 25.1 Å². The summed E-state index contributed by atoms with van der Waals surface area (Å²) in [4.78, 5) is 29.4. The number of rotatable bonds is 2. The Morgan fingerprint density at radius 1 is 1.28 bits per heavy atom. The molecule has 1 spiro atoms. The monoisotopic (exact) mass is 418 g/mol. The van der Waals surface area contributed by atoms with Gasteiger partial charge in [0.15, 0.2) is 5.58 Å². The first kappa shape index (κ1) is 18.7. The van der Waals surface area contributed by atoms with Crippen LogP contribution in [0, 0.1) is 0 Å². The van der Waals surface area contributed by atoms with Crippen LogP contribution in [0.3, 0.4) is 0 Å². The summed E-state index contributed by atoms with van der Waals surface area (Å²) in [6, 6.07) is 1.33. The molecule has 2 aliphatic heterocycles. The van der Waals surface area contributed by atoms with E-state index in [-0.39, 0.29) is 23.9 Å². The van der Waals surface area contributed by atoms with Gasteiger partial charge in [0.2, 0.25) is 0 Å². The largest absolute Gasteiger partial charge is 0.432 e. The Balaban J connectivity index is 1.57. The fourth-order valence-corrected chi connectivity index (χ4v) is 5.01. The first-order valence-electron chi connectivity index (χ1n) is 10.2. The SMILES string of the molecule is O=C1Nc2c(Cl)cc3nc(C(=O)NC4CCCOC4)oc3c2C2(CCCCC2)N1. The fourth-order valence-electron chi connectivity index (χ4n) is 4.77. The number of urea groups is 1. The molecular formula is C20H23ClN4O4. The number of fused-ring (bicyclic) bond motifs is 4. The average Bonchev–Trinajstić information content (AvgIpc) is 3.13. The molecule has 3 amide bonds. The van der Waals surface area contributed by atoms with Crippen LogP contribution in [-0.2, 0) is 10.3 Å². The Morgan fingerprint density at radius 3 is 2.86 bits per heavy atom. The molecule has 2 fully saturated rings. The van der Waals surface area contributed by atoms with Crippen LogP contribution in [0.1, 0.15) is 61.2 Å². The molecule has 29 heavy (non-hydrogen) atoms. The molecule has 1 saturated carbocycles. The molecular weight excluding hydrogens is 396 g/mol. The van der Waals surface area contributed by atoms with Gasteiger partial charge in [-0.05, 0) is 31.7 Å². The van der Waals surface area contributed by atoms with Crippen LogP contribution in [0.4, 0.5) is 10.5 Å². The number of halogens is 1. The fraction of sp³-hybridized carbons (Fsp3) is 0.550. The van der Waals surface area contributed by atoms with Crippen molar-refractivity contribution in [2.45, 2.75) is 56.5 Å². The molecule has 3 heterocycles. The third-order valence-corrected chi connectivity index (χ3v) is 6.40. The zero-order valence-corrected chi connectivity index (χ0v) is 16.7. The predicted octanol–water partition coefficient (Wildman–Crippen LogP) is 3.68. The lowest BCUT2D eigenvalue weighted by atomic mass is 9.74. The molecule has 1 aromatic heterocycles. The predicted molar refractivity (Wildman–Crippen MR) is 107 cm³/mol. The molecule has 0 radical (unpaired) electrons. The minimum absolute atomic E-state index is 0.00194. The van der Waals surface area contributed by atoms with E-state index in [1.807, 2.05) is 0 Å². The summed E-state index contributed by atoms with van der Waals surface area (Å²) in [5.41, 5.74) is 1.81. The zero-order valence-electron chi connectivity index (χ0n) is 16.0. The number of amides is 3. The van der Waals surface area contributed by atoms with Gasteiger partial charge in [-0.2, -0.15) is 0 Å². The van der Waals surface area contributed by atoms with E-state index in [0.29, 0.717) is 28.4 Å². The van der Waals surface area contributed by atoms with Crippen LogP contribution in [0.25, 0.3) is 11.1 Å². The van der Waals surface area contributed by atoms with Gasteiger partial charge in [-0.1, -0.05) is 30.9 Å². The number of hydrogen-bond acceptors (Lipinski definition) is 5. The van der Waals surface area contributed by atoms with Crippen molar-refractivity contribution in [3.8, 4) is 0 Å². The number of ether oxygens (including phenoxy) is 1. The van der Waals surface area contributed by atoms with Crippen molar-refractivity contribution >= 4 is 40.3 Å². The summed E-state index contributed by atoms with van der Waals surface area (Å²) in [6.45, 7) is 1.22. The van der Waals surface area contributed by atoms with Gasteiger partial charge in [0.1, 0.15) is 5.52 Å². The van der Waals surface area contributed by atoms with E-state index in [2.05, 4.69) is 20.9 Å². The minimum Gasteiger partial charge on any atom is -0.432 e. The van der Waals surface area contributed by atoms with E-state index in [0.717, 1.165) is 57.1 Å². The van der Waals surface area contributed by atoms with E-state index in [1.165, 1.54) is 0 Å². The highest BCUT2D eigenvalue weighted by molar-refractivity contribution is 6.35. The molecule has 9 heteroatoms. The first-order valence-corrected chi connectivity index (χ1v) is 10.5. The van der Waals surface area contributed by atoms with Crippen LogP contribution < -0.4 is 16.0 Å². The number of carbonyl (C=O) groups is 2. The van der Waals surface area contributed by atoms with Crippen LogP contribution in [0.15, 0.2) is 10.5 Å². The Bertz CT molecular complexity index is 977. The standard InChI is InChI=1S/C20H23ClN4O4/c21-12-9-13-16(29-18(23-13)17(26)22-11-5-4-8-28-10-11)14-15(12)24-19(27)25-20(14)6-2-1-3-7-20/h9,11H,1-8,10H2,(H,22,26)(H2,24,25,27). The van der Waals surface area contributed by atoms with Crippen molar-refractivity contribution in [2.24, 2.45) is 0 Å². The third kappa shape index (κ3) is 3.24. The van der Waals surface area contributed by atoms with Gasteiger partial charge in [0.05, 0.1) is 28.9 Å². The molecule has 0 bridgehead atoms. The highest BCUT2D eigenvalue weighted by Gasteiger charge is 2.44. The maximum absolute atomic E-state index is 12.7. The smallest absolute Gasteiger partial charge is 0.319 e. The highest BCUT2D eigenvalue weighted by atomic mass is 35.5. The number of aromatic nitrogens is 1. The van der Waals surface area contributed by atoms with E-state index in [1.54, 1.807) is 6.07 Å². The van der Waals surface area contributed by atoms with Crippen LogP contribution >= 0.6 is 11.6 Å². The van der Waals surface area contributed by atoms with Crippen LogP contribution in [0.5, 0.6) is 0 Å². The first-order chi connectivity index (χ1) is 14.1. The summed E-state index contributed by atoms with van der Waals surface area (Å²) >= 11 is 6.49. The van der Waals surface area contributed by atoms with Gasteiger partial charge in [0.25, 0.3) is 5.89 Å². The number of nitrogens with one attached hydrogen (secondary N) is 3. The maximum Gasteiger partial charge on any atom is 0.319 e. The summed E-state index contributed by atoms with van der Waals surface area (Å²) in [7, 11) is 0. The number of hydrogen-bond donors (Lipinski definition) is 3. The quantitative estimate of drug-likeness (QED) is 0.689. The lowest BCUT2D eigenvalue weighted by Crippen LogP contribution is -2.52. The number of nitrogens with zero attached hydrogens (tertiary/aromatic N) is 1. The Morgan fingerprint density at radius 2 is 2.10 bits per heavy atom. The molecule has 1 aliphatic carbocycles. The Kier molecular flexibility index (Phi) is 4.63. The third-order valence-electron chi connectivity index (χ3n) is 6.10. The number of oxazole rings is 1. The number of anilines is 1. The van der Waals surface area contributed by atoms with E-state index < -0.39 is 5.54 Å². The maximum atomic E-state index is 12.7.